The van der Waals surface area contributed by atoms with E-state index in [4.69, 9.17) is 14.6 Å². The van der Waals surface area contributed by atoms with Crippen LogP contribution in [0.3, 0.4) is 0 Å². The maximum absolute atomic E-state index is 10.5. The second-order valence-electron chi connectivity index (χ2n) is 3.64. The molecule has 0 saturated heterocycles. The second kappa shape index (κ2) is 6.95. The Balaban J connectivity index is 2.61. The highest BCUT2D eigenvalue weighted by Crippen LogP contribution is 2.20. The van der Waals surface area contributed by atoms with Crippen molar-refractivity contribution in [3.8, 4) is 5.75 Å². The molecular weight excluding hydrogens is 240 g/mol. The highest BCUT2D eigenvalue weighted by atomic mass is 16.5. The second-order valence-corrected chi connectivity index (χ2v) is 3.64. The van der Waals surface area contributed by atoms with Crippen LogP contribution in [-0.2, 0) is 9.53 Å². The number of carboxylic acids is 1. The monoisotopic (exact) mass is 256 g/mol. The number of hydrogen-bond acceptors (Lipinski definition) is 5. The molecule has 100 valence electrons. The van der Waals surface area contributed by atoms with Crippen LogP contribution in [0.4, 0.5) is 0 Å². The molecular formula is C12H16O6. The Bertz CT molecular complexity index is 375. The maximum Gasteiger partial charge on any atom is 0.335 e. The molecule has 0 fully saturated rings. The van der Waals surface area contributed by atoms with Gasteiger partial charge in [0.2, 0.25) is 0 Å². The minimum absolute atomic E-state index is 0.309. The molecule has 3 N–H and O–H groups in total. The fourth-order valence-corrected chi connectivity index (χ4v) is 1.32. The molecule has 0 amide bonds. The van der Waals surface area contributed by atoms with Crippen molar-refractivity contribution in [2.75, 3.05) is 20.3 Å². The molecule has 1 rings (SSSR count). The lowest BCUT2D eigenvalue weighted by molar-refractivity contribution is -0.153. The van der Waals surface area contributed by atoms with Crippen molar-refractivity contribution in [3.63, 3.8) is 0 Å². The molecule has 2 atom stereocenters. The Labute approximate surface area is 104 Å². The lowest BCUT2D eigenvalue weighted by atomic mass is 10.0. The number of rotatable bonds is 7. The van der Waals surface area contributed by atoms with Crippen LogP contribution >= 0.6 is 0 Å². The minimum atomic E-state index is -1.84. The topological polar surface area (TPSA) is 96.2 Å². The molecule has 0 aliphatic carbocycles. The molecule has 2 unspecified atom stereocenters. The molecule has 0 bridgehead atoms. The summed E-state index contributed by atoms with van der Waals surface area (Å²) in [6.45, 7) is 0.859. The van der Waals surface area contributed by atoms with E-state index in [0.29, 0.717) is 24.5 Å². The molecule has 0 aromatic heterocycles. The number of ether oxygens (including phenoxy) is 2. The van der Waals surface area contributed by atoms with E-state index in [9.17, 15) is 15.0 Å². The van der Waals surface area contributed by atoms with Gasteiger partial charge in [-0.15, -0.1) is 0 Å². The molecule has 6 nitrogen and oxygen atoms in total. The highest BCUT2D eigenvalue weighted by molar-refractivity contribution is 5.73. The Morgan fingerprint density at radius 2 is 1.83 bits per heavy atom. The number of carboxylic acid groups (broad SMARTS) is 1. The lowest BCUT2D eigenvalue weighted by Gasteiger charge is -2.14. The smallest absolute Gasteiger partial charge is 0.335 e. The van der Waals surface area contributed by atoms with Crippen molar-refractivity contribution in [1.82, 2.24) is 0 Å². The summed E-state index contributed by atoms with van der Waals surface area (Å²) in [6, 6.07) is 6.17. The Morgan fingerprint density at radius 1 is 1.22 bits per heavy atom. The van der Waals surface area contributed by atoms with Crippen LogP contribution in [0.2, 0.25) is 0 Å². The third-order valence-corrected chi connectivity index (χ3v) is 2.33. The average Bonchev–Trinajstić information content (AvgIpc) is 2.38. The van der Waals surface area contributed by atoms with E-state index in [1.807, 2.05) is 0 Å². The van der Waals surface area contributed by atoms with Gasteiger partial charge in [-0.2, -0.15) is 0 Å². The molecule has 1 aromatic carbocycles. The van der Waals surface area contributed by atoms with Crippen LogP contribution in [0.1, 0.15) is 11.7 Å². The molecule has 0 radical (unpaired) electrons. The van der Waals surface area contributed by atoms with Gasteiger partial charge in [0.1, 0.15) is 18.5 Å². The van der Waals surface area contributed by atoms with Crippen LogP contribution in [-0.4, -0.2) is 47.7 Å². The van der Waals surface area contributed by atoms with Gasteiger partial charge in [-0.25, -0.2) is 4.79 Å². The predicted molar refractivity (Wildman–Crippen MR) is 62.4 cm³/mol. The standard InChI is InChI=1S/C12H16O6/c1-17-6-7-18-9-4-2-8(3-5-9)10(13)11(14)12(15)16/h2-5,10-11,13-14H,6-7H2,1H3,(H,15,16). The summed E-state index contributed by atoms with van der Waals surface area (Å²) in [6.07, 6.45) is -3.30. The first kappa shape index (κ1) is 14.4. The largest absolute Gasteiger partial charge is 0.491 e. The van der Waals surface area contributed by atoms with Gasteiger partial charge in [0, 0.05) is 7.11 Å². The summed E-state index contributed by atoms with van der Waals surface area (Å²) < 4.78 is 10.1. The molecule has 18 heavy (non-hydrogen) atoms. The van der Waals surface area contributed by atoms with Gasteiger partial charge in [0.25, 0.3) is 0 Å². The summed E-state index contributed by atoms with van der Waals surface area (Å²) in [5, 5.41) is 27.3. The Kier molecular flexibility index (Phi) is 5.57. The van der Waals surface area contributed by atoms with Crippen molar-refractivity contribution >= 4 is 5.97 Å². The zero-order valence-corrected chi connectivity index (χ0v) is 9.94. The van der Waals surface area contributed by atoms with Crippen LogP contribution in [0, 0.1) is 0 Å². The number of benzene rings is 1. The zero-order valence-electron chi connectivity index (χ0n) is 9.94. The van der Waals surface area contributed by atoms with Crippen LogP contribution < -0.4 is 4.74 Å². The third kappa shape index (κ3) is 3.99. The van der Waals surface area contributed by atoms with Gasteiger partial charge in [0.05, 0.1) is 6.61 Å². The quantitative estimate of drug-likeness (QED) is 0.603. The summed E-state index contributed by atoms with van der Waals surface area (Å²) in [7, 11) is 1.57. The van der Waals surface area contributed by atoms with Crippen molar-refractivity contribution in [2.24, 2.45) is 0 Å². The average molecular weight is 256 g/mol. The van der Waals surface area contributed by atoms with Gasteiger partial charge in [-0.1, -0.05) is 12.1 Å². The third-order valence-electron chi connectivity index (χ3n) is 2.33. The maximum atomic E-state index is 10.5. The minimum Gasteiger partial charge on any atom is -0.491 e. The van der Waals surface area contributed by atoms with E-state index >= 15 is 0 Å². The van der Waals surface area contributed by atoms with E-state index in [-0.39, 0.29) is 0 Å². The number of aliphatic hydroxyl groups is 2. The molecule has 0 saturated carbocycles. The van der Waals surface area contributed by atoms with E-state index in [1.165, 1.54) is 12.1 Å². The highest BCUT2D eigenvalue weighted by Gasteiger charge is 2.24. The molecule has 1 aromatic rings. The summed E-state index contributed by atoms with van der Waals surface area (Å²) in [5.74, 6) is -0.893. The number of hydrogen-bond donors (Lipinski definition) is 3. The summed E-state index contributed by atoms with van der Waals surface area (Å²) in [4.78, 5) is 10.5. The van der Waals surface area contributed by atoms with Crippen LogP contribution in [0.5, 0.6) is 5.75 Å². The van der Waals surface area contributed by atoms with E-state index in [2.05, 4.69) is 0 Å². The number of aliphatic hydroxyl groups excluding tert-OH is 2. The molecule has 6 heteroatoms. The normalized spacial score (nSPS) is 13.9. The van der Waals surface area contributed by atoms with Crippen molar-refractivity contribution in [1.29, 1.82) is 0 Å². The lowest BCUT2D eigenvalue weighted by Crippen LogP contribution is -2.27. The number of carbonyl (C=O) groups is 1. The summed E-state index contributed by atoms with van der Waals surface area (Å²) in [5.41, 5.74) is 0.309. The number of aliphatic carboxylic acids is 1. The van der Waals surface area contributed by atoms with Crippen molar-refractivity contribution in [2.45, 2.75) is 12.2 Å². The first-order valence-electron chi connectivity index (χ1n) is 5.37. The van der Waals surface area contributed by atoms with Gasteiger partial charge in [-0.05, 0) is 17.7 Å². The molecule has 0 aliphatic rings. The predicted octanol–water partition coefficient (Wildman–Crippen LogP) is 0.191. The zero-order chi connectivity index (χ0) is 13.5. The molecule has 0 aliphatic heterocycles. The SMILES string of the molecule is COCCOc1ccc(C(O)C(O)C(=O)O)cc1. The van der Waals surface area contributed by atoms with E-state index in [0.717, 1.165) is 0 Å². The number of methoxy groups -OCH3 is 1. The Morgan fingerprint density at radius 3 is 2.33 bits per heavy atom. The van der Waals surface area contributed by atoms with E-state index in [1.54, 1.807) is 19.2 Å². The summed E-state index contributed by atoms with van der Waals surface area (Å²) >= 11 is 0. The first-order chi connectivity index (χ1) is 8.56. The fourth-order valence-electron chi connectivity index (χ4n) is 1.32. The Hall–Kier alpha value is -1.63. The van der Waals surface area contributed by atoms with Crippen LogP contribution in [0.15, 0.2) is 24.3 Å². The van der Waals surface area contributed by atoms with Gasteiger partial charge in [-0.3, -0.25) is 0 Å². The van der Waals surface area contributed by atoms with Gasteiger partial charge in [0.15, 0.2) is 6.10 Å². The molecule has 0 spiro atoms. The van der Waals surface area contributed by atoms with Crippen molar-refractivity contribution < 1.29 is 29.6 Å². The molecule has 0 heterocycles. The fraction of sp³-hybridized carbons (Fsp3) is 0.417. The first-order valence-corrected chi connectivity index (χ1v) is 5.37. The van der Waals surface area contributed by atoms with Crippen molar-refractivity contribution in [3.05, 3.63) is 29.8 Å². The van der Waals surface area contributed by atoms with Crippen LogP contribution in [0.25, 0.3) is 0 Å². The van der Waals surface area contributed by atoms with Gasteiger partial charge < -0.3 is 24.8 Å². The van der Waals surface area contributed by atoms with Gasteiger partial charge >= 0.3 is 5.97 Å². The van der Waals surface area contributed by atoms with E-state index < -0.39 is 18.2 Å².